The molecule has 0 amide bonds. The molecular formula is C25H34N6O. The summed E-state index contributed by atoms with van der Waals surface area (Å²) in [4.78, 5) is 15.5. The van der Waals surface area contributed by atoms with Crippen molar-refractivity contribution in [1.29, 1.82) is 0 Å². The van der Waals surface area contributed by atoms with E-state index in [1.54, 1.807) is 7.11 Å². The first-order valence-corrected chi connectivity index (χ1v) is 11.6. The number of benzene rings is 2. The van der Waals surface area contributed by atoms with Gasteiger partial charge in [0, 0.05) is 19.5 Å². The van der Waals surface area contributed by atoms with E-state index >= 15 is 0 Å². The number of hydrogen-bond acceptors (Lipinski definition) is 4. The van der Waals surface area contributed by atoms with Crippen molar-refractivity contribution >= 4 is 17.0 Å². The second-order valence-electron chi connectivity index (χ2n) is 8.13. The molecule has 0 radical (unpaired) electrons. The van der Waals surface area contributed by atoms with Crippen LogP contribution in [-0.4, -0.2) is 60.7 Å². The van der Waals surface area contributed by atoms with Crippen molar-refractivity contribution in [2.75, 3.05) is 39.8 Å². The van der Waals surface area contributed by atoms with Gasteiger partial charge in [-0.2, -0.15) is 0 Å². The molecular weight excluding hydrogens is 400 g/mol. The molecule has 1 aliphatic heterocycles. The Hall–Kier alpha value is -3.06. The van der Waals surface area contributed by atoms with Crippen molar-refractivity contribution in [3.63, 3.8) is 0 Å². The average Bonchev–Trinajstić information content (AvgIpc) is 3.49. The zero-order chi connectivity index (χ0) is 22.2. The van der Waals surface area contributed by atoms with Gasteiger partial charge in [-0.15, -0.1) is 0 Å². The summed E-state index contributed by atoms with van der Waals surface area (Å²) in [5.74, 6) is 2.72. The van der Waals surface area contributed by atoms with Crippen molar-refractivity contribution in [2.24, 2.45) is 4.99 Å². The molecule has 32 heavy (non-hydrogen) atoms. The summed E-state index contributed by atoms with van der Waals surface area (Å²) in [6.07, 6.45) is 3.32. The van der Waals surface area contributed by atoms with Crippen LogP contribution in [0.3, 0.4) is 0 Å². The quantitative estimate of drug-likeness (QED) is 0.355. The van der Waals surface area contributed by atoms with E-state index in [9.17, 15) is 0 Å². The number of likely N-dealkylation sites (tertiary alicyclic amines) is 1. The number of nitrogens with zero attached hydrogens (tertiary/aromatic N) is 3. The van der Waals surface area contributed by atoms with Gasteiger partial charge in [-0.05, 0) is 62.7 Å². The molecule has 1 fully saturated rings. The molecule has 3 N–H and O–H groups in total. The van der Waals surface area contributed by atoms with Gasteiger partial charge in [0.25, 0.3) is 0 Å². The van der Waals surface area contributed by atoms with Crippen LogP contribution in [0.25, 0.3) is 11.0 Å². The van der Waals surface area contributed by atoms with E-state index in [0.717, 1.165) is 61.2 Å². The number of nitrogens with one attached hydrogen (secondary N) is 3. The Balaban J connectivity index is 1.40. The maximum absolute atomic E-state index is 5.34. The van der Waals surface area contributed by atoms with Crippen molar-refractivity contribution in [3.05, 3.63) is 59.9 Å². The number of aromatic amines is 1. The number of para-hydroxylation sites is 2. The van der Waals surface area contributed by atoms with Crippen molar-refractivity contribution in [2.45, 2.75) is 32.2 Å². The van der Waals surface area contributed by atoms with Crippen LogP contribution < -0.4 is 15.4 Å². The van der Waals surface area contributed by atoms with Crippen LogP contribution in [0.1, 0.15) is 37.2 Å². The number of aliphatic imine (C=N–C) groups is 1. The van der Waals surface area contributed by atoms with Gasteiger partial charge in [-0.25, -0.2) is 4.98 Å². The second-order valence-corrected chi connectivity index (χ2v) is 8.13. The number of aromatic nitrogens is 2. The lowest BCUT2D eigenvalue weighted by Crippen LogP contribution is -2.39. The Morgan fingerprint density at radius 3 is 2.62 bits per heavy atom. The second kappa shape index (κ2) is 11.0. The normalized spacial score (nSPS) is 15.8. The Labute approximate surface area is 190 Å². The maximum atomic E-state index is 5.34. The highest BCUT2D eigenvalue weighted by molar-refractivity contribution is 5.79. The van der Waals surface area contributed by atoms with Gasteiger partial charge in [0.15, 0.2) is 5.96 Å². The van der Waals surface area contributed by atoms with Gasteiger partial charge < -0.3 is 20.4 Å². The summed E-state index contributed by atoms with van der Waals surface area (Å²) in [6, 6.07) is 16.8. The molecule has 7 heteroatoms. The fourth-order valence-electron chi connectivity index (χ4n) is 4.25. The Kier molecular flexibility index (Phi) is 7.61. The Morgan fingerprint density at radius 1 is 1.12 bits per heavy atom. The number of imidazole rings is 1. The predicted molar refractivity (Wildman–Crippen MR) is 130 cm³/mol. The van der Waals surface area contributed by atoms with E-state index in [1.807, 2.05) is 30.3 Å². The molecule has 1 unspecified atom stereocenters. The smallest absolute Gasteiger partial charge is 0.191 e. The third-order valence-corrected chi connectivity index (χ3v) is 5.94. The zero-order valence-electron chi connectivity index (χ0n) is 19.1. The number of rotatable bonds is 9. The fraction of sp³-hybridized carbons (Fsp3) is 0.440. The minimum atomic E-state index is 0.272. The first-order chi connectivity index (χ1) is 15.8. The number of fused-ring (bicyclic) bond motifs is 1. The van der Waals surface area contributed by atoms with E-state index in [2.05, 4.69) is 50.6 Å². The molecule has 0 spiro atoms. The van der Waals surface area contributed by atoms with Gasteiger partial charge in [0.05, 0.1) is 30.7 Å². The first kappa shape index (κ1) is 22.1. The standard InChI is InChI=1S/C25H34N6O/c1-3-26-25(27-15-14-24-29-21-8-4-5-9-22(21)30-24)28-18-23(31-16-6-7-17-31)19-10-12-20(32-2)13-11-19/h4-5,8-13,23H,3,6-7,14-18H2,1-2H3,(H,29,30)(H2,26,27,28). The number of methoxy groups -OCH3 is 1. The number of H-pyrrole nitrogens is 1. The lowest BCUT2D eigenvalue weighted by molar-refractivity contribution is 0.251. The van der Waals surface area contributed by atoms with Crippen LogP contribution in [0.2, 0.25) is 0 Å². The molecule has 1 atom stereocenters. The zero-order valence-corrected chi connectivity index (χ0v) is 19.1. The third kappa shape index (κ3) is 5.59. The minimum absolute atomic E-state index is 0.272. The largest absolute Gasteiger partial charge is 0.497 e. The van der Waals surface area contributed by atoms with E-state index in [4.69, 9.17) is 9.73 Å². The Bertz CT molecular complexity index is 974. The summed E-state index contributed by atoms with van der Waals surface area (Å²) >= 11 is 0. The van der Waals surface area contributed by atoms with Crippen LogP contribution in [0.15, 0.2) is 53.5 Å². The molecule has 0 bridgehead atoms. The van der Waals surface area contributed by atoms with Gasteiger partial charge in [0.2, 0.25) is 0 Å². The van der Waals surface area contributed by atoms with Gasteiger partial charge in [-0.3, -0.25) is 9.89 Å². The molecule has 0 aliphatic carbocycles. The van der Waals surface area contributed by atoms with Gasteiger partial charge >= 0.3 is 0 Å². The minimum Gasteiger partial charge on any atom is -0.497 e. The summed E-state index contributed by atoms with van der Waals surface area (Å²) < 4.78 is 5.34. The summed E-state index contributed by atoms with van der Waals surface area (Å²) in [5.41, 5.74) is 3.38. The van der Waals surface area contributed by atoms with E-state index < -0.39 is 0 Å². The highest BCUT2D eigenvalue weighted by atomic mass is 16.5. The topological polar surface area (TPSA) is 77.6 Å². The van der Waals surface area contributed by atoms with E-state index in [1.165, 1.54) is 18.4 Å². The van der Waals surface area contributed by atoms with Gasteiger partial charge in [-0.1, -0.05) is 24.3 Å². The van der Waals surface area contributed by atoms with Gasteiger partial charge in [0.1, 0.15) is 11.6 Å². The number of hydrogen-bond donors (Lipinski definition) is 3. The molecule has 1 aliphatic rings. The first-order valence-electron chi connectivity index (χ1n) is 11.6. The third-order valence-electron chi connectivity index (χ3n) is 5.94. The van der Waals surface area contributed by atoms with Crippen LogP contribution in [-0.2, 0) is 6.42 Å². The molecule has 4 rings (SSSR count). The molecule has 3 aromatic rings. The number of ether oxygens (including phenoxy) is 1. The molecule has 0 saturated carbocycles. The van der Waals surface area contributed by atoms with Crippen LogP contribution in [0.5, 0.6) is 5.75 Å². The monoisotopic (exact) mass is 434 g/mol. The summed E-state index contributed by atoms with van der Waals surface area (Å²) in [7, 11) is 1.71. The van der Waals surface area contributed by atoms with E-state index in [-0.39, 0.29) is 6.04 Å². The molecule has 1 saturated heterocycles. The lowest BCUT2D eigenvalue weighted by Gasteiger charge is -2.27. The lowest BCUT2D eigenvalue weighted by atomic mass is 10.1. The van der Waals surface area contributed by atoms with Crippen molar-refractivity contribution in [3.8, 4) is 5.75 Å². The molecule has 170 valence electrons. The molecule has 2 heterocycles. The highest BCUT2D eigenvalue weighted by Crippen LogP contribution is 2.27. The molecule has 7 nitrogen and oxygen atoms in total. The SMILES string of the molecule is CCNC(=NCC(c1ccc(OC)cc1)N1CCCC1)NCCc1nc2ccccc2[nH]1. The maximum Gasteiger partial charge on any atom is 0.191 e. The van der Waals surface area contributed by atoms with Crippen LogP contribution in [0, 0.1) is 0 Å². The molecule has 2 aromatic carbocycles. The predicted octanol–water partition coefficient (Wildman–Crippen LogP) is 3.51. The number of guanidine groups is 1. The van der Waals surface area contributed by atoms with Crippen LogP contribution >= 0.6 is 0 Å². The summed E-state index contributed by atoms with van der Waals surface area (Å²) in [6.45, 7) is 6.66. The Morgan fingerprint density at radius 2 is 1.91 bits per heavy atom. The van der Waals surface area contributed by atoms with Crippen molar-refractivity contribution < 1.29 is 4.74 Å². The molecule has 1 aromatic heterocycles. The average molecular weight is 435 g/mol. The van der Waals surface area contributed by atoms with Crippen molar-refractivity contribution in [1.82, 2.24) is 25.5 Å². The fourth-order valence-corrected chi connectivity index (χ4v) is 4.25. The summed E-state index contributed by atoms with van der Waals surface area (Å²) in [5, 5.41) is 6.85. The van der Waals surface area contributed by atoms with Crippen LogP contribution in [0.4, 0.5) is 0 Å². The highest BCUT2D eigenvalue weighted by Gasteiger charge is 2.23. The van der Waals surface area contributed by atoms with E-state index in [0.29, 0.717) is 6.54 Å².